The van der Waals surface area contributed by atoms with Gasteiger partial charge in [-0.05, 0) is 69.7 Å². The molecule has 27 heavy (non-hydrogen) atoms. The molecular formula is C18H25FN4O3S. The Hall–Kier alpha value is -2.00. The van der Waals surface area contributed by atoms with E-state index < -0.39 is 15.3 Å². The quantitative estimate of drug-likeness (QED) is 0.746. The first-order valence-corrected chi connectivity index (χ1v) is 10.7. The lowest BCUT2D eigenvalue weighted by Crippen LogP contribution is -2.37. The van der Waals surface area contributed by atoms with Crippen molar-refractivity contribution in [3.8, 4) is 11.4 Å². The number of hydrogen-bond donors (Lipinski definition) is 2. The molecule has 0 bridgehead atoms. The molecule has 1 aromatic carbocycles. The molecule has 1 fully saturated rings. The van der Waals surface area contributed by atoms with Crippen molar-refractivity contribution >= 4 is 16.0 Å². The van der Waals surface area contributed by atoms with Gasteiger partial charge in [-0.1, -0.05) is 5.16 Å². The Kier molecular flexibility index (Phi) is 6.11. The van der Waals surface area contributed by atoms with Gasteiger partial charge in [0.1, 0.15) is 5.82 Å². The molecule has 0 amide bonds. The predicted octanol–water partition coefficient (Wildman–Crippen LogP) is 3.17. The first kappa shape index (κ1) is 19.8. The summed E-state index contributed by atoms with van der Waals surface area (Å²) in [6.45, 7) is 3.84. The second kappa shape index (κ2) is 8.35. The third-order valence-corrected chi connectivity index (χ3v) is 6.71. The third kappa shape index (κ3) is 5.26. The number of rotatable bonds is 7. The smallest absolute Gasteiger partial charge is 0.322 e. The van der Waals surface area contributed by atoms with Gasteiger partial charge in [0.2, 0.25) is 15.8 Å². The summed E-state index contributed by atoms with van der Waals surface area (Å²) in [6.07, 6.45) is 3.67. The van der Waals surface area contributed by atoms with E-state index in [2.05, 4.69) is 20.2 Å². The van der Waals surface area contributed by atoms with Crippen LogP contribution in [0.15, 0.2) is 28.8 Å². The van der Waals surface area contributed by atoms with E-state index in [1.807, 2.05) is 0 Å². The molecule has 0 aliphatic heterocycles. The number of nitrogens with one attached hydrogen (secondary N) is 2. The van der Waals surface area contributed by atoms with Crippen molar-refractivity contribution in [2.75, 3.05) is 11.9 Å². The van der Waals surface area contributed by atoms with E-state index in [0.717, 1.165) is 25.7 Å². The number of nitrogens with zero attached hydrogens (tertiary/aromatic N) is 2. The molecule has 1 heterocycles. The van der Waals surface area contributed by atoms with Gasteiger partial charge in [-0.2, -0.15) is 4.98 Å². The molecule has 0 saturated heterocycles. The minimum Gasteiger partial charge on any atom is -0.335 e. The average Bonchev–Trinajstić information content (AvgIpc) is 3.10. The van der Waals surface area contributed by atoms with Gasteiger partial charge in [-0.3, -0.25) is 0 Å². The normalized spacial score (nSPS) is 20.7. The molecule has 0 atom stereocenters. The fourth-order valence-electron chi connectivity index (χ4n) is 3.08. The van der Waals surface area contributed by atoms with Crippen molar-refractivity contribution in [1.29, 1.82) is 0 Å². The van der Waals surface area contributed by atoms with Gasteiger partial charge in [0.15, 0.2) is 0 Å². The van der Waals surface area contributed by atoms with Crippen LogP contribution in [0.25, 0.3) is 11.4 Å². The average molecular weight is 396 g/mol. The van der Waals surface area contributed by atoms with E-state index in [4.69, 9.17) is 4.52 Å². The molecule has 1 aliphatic carbocycles. The van der Waals surface area contributed by atoms with E-state index in [1.54, 1.807) is 26.0 Å². The van der Waals surface area contributed by atoms with E-state index in [9.17, 15) is 12.8 Å². The highest BCUT2D eigenvalue weighted by Gasteiger charge is 2.24. The van der Waals surface area contributed by atoms with E-state index in [-0.39, 0.29) is 11.9 Å². The number of benzene rings is 1. The summed E-state index contributed by atoms with van der Waals surface area (Å²) >= 11 is 0. The minimum absolute atomic E-state index is 0.212. The van der Waals surface area contributed by atoms with Crippen LogP contribution in [0.3, 0.4) is 0 Å². The Morgan fingerprint density at radius 3 is 2.48 bits per heavy atom. The van der Waals surface area contributed by atoms with Crippen LogP contribution >= 0.6 is 0 Å². The second-order valence-corrected chi connectivity index (χ2v) is 9.56. The van der Waals surface area contributed by atoms with Gasteiger partial charge < -0.3 is 9.84 Å². The summed E-state index contributed by atoms with van der Waals surface area (Å²) in [7, 11) is -3.21. The van der Waals surface area contributed by atoms with Crippen LogP contribution < -0.4 is 10.0 Å². The number of anilines is 1. The van der Waals surface area contributed by atoms with Crippen molar-refractivity contribution in [1.82, 2.24) is 14.9 Å². The van der Waals surface area contributed by atoms with Gasteiger partial charge in [-0.15, -0.1) is 0 Å². The Labute approximate surface area is 158 Å². The van der Waals surface area contributed by atoms with Crippen LogP contribution in [0, 0.1) is 11.7 Å². The lowest BCUT2D eigenvalue weighted by Gasteiger charge is -2.28. The Balaban J connectivity index is 1.48. The summed E-state index contributed by atoms with van der Waals surface area (Å²) in [5, 5.41) is 6.75. The minimum atomic E-state index is -3.21. The molecule has 7 nitrogen and oxygen atoms in total. The van der Waals surface area contributed by atoms with Crippen LogP contribution in [0.4, 0.5) is 10.4 Å². The summed E-state index contributed by atoms with van der Waals surface area (Å²) in [6, 6.07) is 6.48. The topological polar surface area (TPSA) is 97.1 Å². The molecule has 9 heteroatoms. The fourth-order valence-corrected chi connectivity index (χ4v) is 3.89. The van der Waals surface area contributed by atoms with Gasteiger partial charge in [0, 0.05) is 18.2 Å². The summed E-state index contributed by atoms with van der Waals surface area (Å²) in [5.74, 6) is 0.441. The molecule has 2 aromatic rings. The van der Waals surface area contributed by atoms with Crippen molar-refractivity contribution < 1.29 is 17.3 Å². The lowest BCUT2D eigenvalue weighted by atomic mass is 9.86. The van der Waals surface area contributed by atoms with Crippen molar-refractivity contribution in [2.45, 2.75) is 50.8 Å². The number of hydrogen-bond acceptors (Lipinski definition) is 6. The SMILES string of the molecule is CC(C)S(=O)(=O)NC[C@H]1CC[C@H](Nc2nc(-c3ccc(F)cc3)no2)CC1. The zero-order valence-electron chi connectivity index (χ0n) is 15.5. The lowest BCUT2D eigenvalue weighted by molar-refractivity contribution is 0.330. The molecule has 0 radical (unpaired) electrons. The Morgan fingerprint density at radius 1 is 1.19 bits per heavy atom. The molecule has 1 saturated carbocycles. The summed E-state index contributed by atoms with van der Waals surface area (Å²) in [5.41, 5.74) is 0.689. The molecule has 2 N–H and O–H groups in total. The van der Waals surface area contributed by atoms with Gasteiger partial charge in [-0.25, -0.2) is 17.5 Å². The Morgan fingerprint density at radius 2 is 1.85 bits per heavy atom. The van der Waals surface area contributed by atoms with Crippen molar-refractivity contribution in [3.05, 3.63) is 30.1 Å². The molecule has 0 unspecified atom stereocenters. The highest BCUT2D eigenvalue weighted by atomic mass is 32.2. The molecular weight excluding hydrogens is 371 g/mol. The highest BCUT2D eigenvalue weighted by molar-refractivity contribution is 7.90. The molecule has 0 spiro atoms. The highest BCUT2D eigenvalue weighted by Crippen LogP contribution is 2.27. The van der Waals surface area contributed by atoms with Crippen LogP contribution in [0.1, 0.15) is 39.5 Å². The zero-order chi connectivity index (χ0) is 19.4. The number of halogens is 1. The zero-order valence-corrected chi connectivity index (χ0v) is 16.3. The van der Waals surface area contributed by atoms with E-state index in [1.165, 1.54) is 12.1 Å². The first-order chi connectivity index (χ1) is 12.8. The standard InChI is InChI=1S/C18H25FN4O3S/c1-12(2)27(24,25)20-11-13-3-9-16(10-4-13)21-18-22-17(23-26-18)14-5-7-15(19)8-6-14/h5-8,12-13,16,20H,3-4,9-11H2,1-2H3,(H,21,22,23)/t13-,16-. The van der Waals surface area contributed by atoms with Gasteiger partial charge in [0.05, 0.1) is 5.25 Å². The first-order valence-electron chi connectivity index (χ1n) is 9.18. The molecule has 1 aromatic heterocycles. The van der Waals surface area contributed by atoms with E-state index in [0.29, 0.717) is 29.9 Å². The van der Waals surface area contributed by atoms with Crippen LogP contribution in [-0.2, 0) is 10.0 Å². The number of aromatic nitrogens is 2. The monoisotopic (exact) mass is 396 g/mol. The van der Waals surface area contributed by atoms with Crippen molar-refractivity contribution in [2.24, 2.45) is 5.92 Å². The van der Waals surface area contributed by atoms with Crippen molar-refractivity contribution in [3.63, 3.8) is 0 Å². The van der Waals surface area contributed by atoms with Crippen LogP contribution in [0.5, 0.6) is 0 Å². The maximum absolute atomic E-state index is 13.0. The predicted molar refractivity (Wildman–Crippen MR) is 101 cm³/mol. The Bertz CT molecular complexity index is 844. The fraction of sp³-hybridized carbons (Fsp3) is 0.556. The third-order valence-electron chi connectivity index (χ3n) is 4.90. The second-order valence-electron chi connectivity index (χ2n) is 7.23. The van der Waals surface area contributed by atoms with E-state index >= 15 is 0 Å². The largest absolute Gasteiger partial charge is 0.335 e. The molecule has 1 aliphatic rings. The summed E-state index contributed by atoms with van der Waals surface area (Å²) < 4.78 is 44.6. The van der Waals surface area contributed by atoms with Crippen LogP contribution in [0.2, 0.25) is 0 Å². The maximum atomic E-state index is 13.0. The molecule has 3 rings (SSSR count). The summed E-state index contributed by atoms with van der Waals surface area (Å²) in [4.78, 5) is 4.31. The van der Waals surface area contributed by atoms with Crippen LogP contribution in [-0.4, -0.2) is 36.4 Å². The van der Waals surface area contributed by atoms with Gasteiger partial charge in [0.25, 0.3) is 0 Å². The molecule has 148 valence electrons. The van der Waals surface area contributed by atoms with Gasteiger partial charge >= 0.3 is 6.01 Å². The number of sulfonamides is 1. The maximum Gasteiger partial charge on any atom is 0.322 e.